The molecule has 0 aliphatic carbocycles. The first kappa shape index (κ1) is 17.6. The summed E-state index contributed by atoms with van der Waals surface area (Å²) in [5.74, 6) is -0.659. The molecule has 2 amide bonds. The van der Waals surface area contributed by atoms with Gasteiger partial charge in [-0.2, -0.15) is 13.2 Å². The topological polar surface area (TPSA) is 62.6 Å². The highest BCUT2D eigenvalue weighted by Gasteiger charge is 2.33. The molecular weight excluding hydrogens is 325 g/mol. The van der Waals surface area contributed by atoms with Gasteiger partial charge >= 0.3 is 6.18 Å². The molecule has 0 spiro atoms. The summed E-state index contributed by atoms with van der Waals surface area (Å²) in [5.41, 5.74) is -1.30. The number of nitrogens with one attached hydrogen (secondary N) is 1. The van der Waals surface area contributed by atoms with E-state index in [0.29, 0.717) is 5.76 Å². The highest BCUT2D eigenvalue weighted by Crippen LogP contribution is 2.34. The summed E-state index contributed by atoms with van der Waals surface area (Å²) < 4.78 is 43.8. The number of nitrogens with zero attached hydrogens (tertiary/aromatic N) is 1. The summed E-state index contributed by atoms with van der Waals surface area (Å²) in [4.78, 5) is 24.8. The van der Waals surface area contributed by atoms with Crippen LogP contribution in [0.1, 0.15) is 18.2 Å². The number of para-hydroxylation sites is 1. The van der Waals surface area contributed by atoms with Gasteiger partial charge in [-0.05, 0) is 24.3 Å². The molecule has 128 valence electrons. The second kappa shape index (κ2) is 7.20. The lowest BCUT2D eigenvalue weighted by Gasteiger charge is -2.20. The Kier molecular flexibility index (Phi) is 5.28. The predicted octanol–water partition coefficient (Wildman–Crippen LogP) is 3.29. The van der Waals surface area contributed by atoms with Crippen molar-refractivity contribution in [3.8, 4) is 0 Å². The van der Waals surface area contributed by atoms with Crippen molar-refractivity contribution >= 4 is 17.5 Å². The summed E-state index contributed by atoms with van der Waals surface area (Å²) in [6.45, 7) is 0.929. The first-order valence-electron chi connectivity index (χ1n) is 7.01. The third-order valence-electron chi connectivity index (χ3n) is 3.21. The Bertz CT molecular complexity index is 712. The molecular formula is C16H15F3N2O3. The molecule has 0 atom stereocenters. The maximum atomic E-state index is 12.9. The van der Waals surface area contributed by atoms with Crippen molar-refractivity contribution in [2.24, 2.45) is 0 Å². The Hall–Kier alpha value is -2.77. The first-order chi connectivity index (χ1) is 11.3. The number of furan rings is 1. The van der Waals surface area contributed by atoms with Crippen molar-refractivity contribution in [2.75, 3.05) is 11.9 Å². The maximum absolute atomic E-state index is 12.9. The van der Waals surface area contributed by atoms with Gasteiger partial charge in [0.15, 0.2) is 0 Å². The molecule has 5 nitrogen and oxygen atoms in total. The fraction of sp³-hybridized carbons (Fsp3) is 0.250. The van der Waals surface area contributed by atoms with E-state index in [1.165, 1.54) is 30.2 Å². The number of amides is 2. The van der Waals surface area contributed by atoms with Crippen LogP contribution in [0, 0.1) is 0 Å². The first-order valence-corrected chi connectivity index (χ1v) is 7.01. The molecule has 24 heavy (non-hydrogen) atoms. The average molecular weight is 340 g/mol. The Morgan fingerprint density at radius 2 is 1.88 bits per heavy atom. The van der Waals surface area contributed by atoms with E-state index in [2.05, 4.69) is 5.32 Å². The SMILES string of the molecule is CC(=O)N(CC(=O)Nc1ccccc1C(F)(F)F)Cc1ccco1. The highest BCUT2D eigenvalue weighted by molar-refractivity contribution is 5.95. The van der Waals surface area contributed by atoms with Gasteiger partial charge in [-0.15, -0.1) is 0 Å². The van der Waals surface area contributed by atoms with Crippen LogP contribution in [0.2, 0.25) is 0 Å². The largest absolute Gasteiger partial charge is 0.467 e. The zero-order valence-corrected chi connectivity index (χ0v) is 12.8. The average Bonchev–Trinajstić information content (AvgIpc) is 2.99. The minimum absolute atomic E-state index is 0.0523. The van der Waals surface area contributed by atoms with Crippen molar-refractivity contribution in [3.05, 3.63) is 54.0 Å². The molecule has 1 aromatic carbocycles. The smallest absolute Gasteiger partial charge is 0.418 e. The number of hydrogen-bond acceptors (Lipinski definition) is 3. The predicted molar refractivity (Wildman–Crippen MR) is 79.9 cm³/mol. The molecule has 0 aliphatic rings. The van der Waals surface area contributed by atoms with Crippen molar-refractivity contribution < 1.29 is 27.2 Å². The van der Waals surface area contributed by atoms with Crippen LogP contribution < -0.4 is 5.32 Å². The van der Waals surface area contributed by atoms with Gasteiger partial charge in [0.2, 0.25) is 11.8 Å². The second-order valence-electron chi connectivity index (χ2n) is 5.05. The lowest BCUT2D eigenvalue weighted by molar-refractivity contribution is -0.137. The van der Waals surface area contributed by atoms with Crippen LogP contribution in [0.4, 0.5) is 18.9 Å². The molecule has 8 heteroatoms. The lowest BCUT2D eigenvalue weighted by atomic mass is 10.1. The third kappa shape index (κ3) is 4.61. The summed E-state index contributed by atoms with van der Waals surface area (Å²) in [7, 11) is 0. The standard InChI is InChI=1S/C16H15F3N2O3/c1-11(22)21(9-12-5-4-8-24-12)10-15(23)20-14-7-3-2-6-13(14)16(17,18)19/h2-8H,9-10H2,1H3,(H,20,23). The molecule has 0 aliphatic heterocycles. The molecule has 0 radical (unpaired) electrons. The van der Waals surface area contributed by atoms with E-state index in [0.717, 1.165) is 12.1 Å². The van der Waals surface area contributed by atoms with E-state index in [-0.39, 0.29) is 18.8 Å². The van der Waals surface area contributed by atoms with Gasteiger partial charge in [-0.3, -0.25) is 9.59 Å². The maximum Gasteiger partial charge on any atom is 0.418 e. The molecule has 0 saturated carbocycles. The Morgan fingerprint density at radius 1 is 1.17 bits per heavy atom. The van der Waals surface area contributed by atoms with E-state index in [4.69, 9.17) is 4.42 Å². The van der Waals surface area contributed by atoms with Crippen molar-refractivity contribution in [1.82, 2.24) is 4.90 Å². The van der Waals surface area contributed by atoms with E-state index in [1.54, 1.807) is 12.1 Å². The molecule has 1 aromatic heterocycles. The van der Waals surface area contributed by atoms with Gasteiger partial charge < -0.3 is 14.6 Å². The molecule has 2 aromatic rings. The van der Waals surface area contributed by atoms with E-state index in [1.807, 2.05) is 0 Å². The van der Waals surface area contributed by atoms with Gasteiger partial charge in [-0.1, -0.05) is 12.1 Å². The highest BCUT2D eigenvalue weighted by atomic mass is 19.4. The van der Waals surface area contributed by atoms with E-state index in [9.17, 15) is 22.8 Å². The van der Waals surface area contributed by atoms with Crippen molar-refractivity contribution in [3.63, 3.8) is 0 Å². The fourth-order valence-electron chi connectivity index (χ4n) is 2.07. The molecule has 1 N–H and O–H groups in total. The van der Waals surface area contributed by atoms with Gasteiger partial charge in [0.25, 0.3) is 0 Å². The van der Waals surface area contributed by atoms with Crippen molar-refractivity contribution in [1.29, 1.82) is 0 Å². The summed E-state index contributed by atoms with van der Waals surface area (Å²) in [6, 6.07) is 7.92. The number of benzene rings is 1. The van der Waals surface area contributed by atoms with Gasteiger partial charge in [0, 0.05) is 6.92 Å². The zero-order chi connectivity index (χ0) is 17.7. The molecule has 0 unspecified atom stereocenters. The Morgan fingerprint density at radius 3 is 2.46 bits per heavy atom. The van der Waals surface area contributed by atoms with E-state index >= 15 is 0 Å². The van der Waals surface area contributed by atoms with Gasteiger partial charge in [-0.25, -0.2) is 0 Å². The van der Waals surface area contributed by atoms with Crippen LogP contribution in [0.25, 0.3) is 0 Å². The number of carbonyl (C=O) groups is 2. The van der Waals surface area contributed by atoms with Crippen LogP contribution in [-0.4, -0.2) is 23.3 Å². The third-order valence-corrected chi connectivity index (χ3v) is 3.21. The van der Waals surface area contributed by atoms with Crippen LogP contribution in [0.3, 0.4) is 0 Å². The minimum Gasteiger partial charge on any atom is -0.467 e. The summed E-state index contributed by atoms with van der Waals surface area (Å²) in [6.07, 6.45) is -3.16. The Balaban J connectivity index is 2.08. The molecule has 1 heterocycles. The number of alkyl halides is 3. The lowest BCUT2D eigenvalue weighted by Crippen LogP contribution is -2.36. The molecule has 0 saturated heterocycles. The Labute approximate surface area is 136 Å². The summed E-state index contributed by atoms with van der Waals surface area (Å²) in [5, 5.41) is 2.20. The monoisotopic (exact) mass is 340 g/mol. The van der Waals surface area contributed by atoms with Crippen LogP contribution in [0.15, 0.2) is 47.1 Å². The number of hydrogen-bond donors (Lipinski definition) is 1. The van der Waals surface area contributed by atoms with E-state index < -0.39 is 23.6 Å². The number of anilines is 1. The molecule has 0 bridgehead atoms. The molecule has 2 rings (SSSR count). The summed E-state index contributed by atoms with van der Waals surface area (Å²) >= 11 is 0. The number of halogens is 3. The minimum atomic E-state index is -4.59. The number of rotatable bonds is 5. The van der Waals surface area contributed by atoms with Crippen molar-refractivity contribution in [2.45, 2.75) is 19.6 Å². The quantitative estimate of drug-likeness (QED) is 0.908. The molecule has 0 fully saturated rings. The van der Waals surface area contributed by atoms with Gasteiger partial charge in [0.1, 0.15) is 12.3 Å². The fourth-order valence-corrected chi connectivity index (χ4v) is 2.07. The second-order valence-corrected chi connectivity index (χ2v) is 5.05. The van der Waals surface area contributed by atoms with Crippen LogP contribution >= 0.6 is 0 Å². The zero-order valence-electron chi connectivity index (χ0n) is 12.8. The van der Waals surface area contributed by atoms with Gasteiger partial charge in [0.05, 0.1) is 24.1 Å². The van der Waals surface area contributed by atoms with Crippen LogP contribution in [0.5, 0.6) is 0 Å². The normalized spacial score (nSPS) is 11.2. The van der Waals surface area contributed by atoms with Crippen LogP contribution in [-0.2, 0) is 22.3 Å². The number of carbonyl (C=O) groups excluding carboxylic acids is 2.